The van der Waals surface area contributed by atoms with E-state index in [0.717, 1.165) is 15.2 Å². The SMILES string of the molecule is Cn1c(=O)n(C)c2c([N+](=O)[O-])c(F)c([N+](=O)[O-])cc21. The quantitative estimate of drug-likeness (QED) is 0.592. The summed E-state index contributed by atoms with van der Waals surface area (Å²) in [6, 6.07) is 0.805. The van der Waals surface area contributed by atoms with Gasteiger partial charge in [0.15, 0.2) is 5.52 Å². The first kappa shape index (κ1) is 12.7. The van der Waals surface area contributed by atoms with Gasteiger partial charge >= 0.3 is 17.1 Å². The zero-order valence-electron chi connectivity index (χ0n) is 9.79. The van der Waals surface area contributed by atoms with Gasteiger partial charge in [-0.3, -0.25) is 29.4 Å². The molecule has 2 rings (SSSR count). The summed E-state index contributed by atoms with van der Waals surface area (Å²) in [5, 5.41) is 21.6. The van der Waals surface area contributed by atoms with Crippen molar-refractivity contribution in [2.75, 3.05) is 0 Å². The first-order valence-corrected chi connectivity index (χ1v) is 4.94. The van der Waals surface area contributed by atoms with E-state index in [1.54, 1.807) is 0 Å². The van der Waals surface area contributed by atoms with Crippen LogP contribution in [0.1, 0.15) is 0 Å². The molecule has 0 radical (unpaired) electrons. The Kier molecular flexibility index (Phi) is 2.58. The Morgan fingerprint density at radius 3 is 2.21 bits per heavy atom. The molecule has 0 aliphatic heterocycles. The van der Waals surface area contributed by atoms with E-state index in [0.29, 0.717) is 0 Å². The largest absolute Gasteiger partial charge is 0.337 e. The van der Waals surface area contributed by atoms with Gasteiger partial charge in [-0.05, 0) is 0 Å². The highest BCUT2D eigenvalue weighted by atomic mass is 19.1. The second kappa shape index (κ2) is 3.86. The Balaban J connectivity index is 3.15. The molecule has 9 nitrogen and oxygen atoms in total. The molecule has 0 bridgehead atoms. The predicted octanol–water partition coefficient (Wildman–Crippen LogP) is 0.832. The Bertz CT molecular complexity index is 790. The van der Waals surface area contributed by atoms with Crippen LogP contribution < -0.4 is 5.69 Å². The van der Waals surface area contributed by atoms with E-state index < -0.39 is 32.7 Å². The molecule has 0 amide bonds. The van der Waals surface area contributed by atoms with Crippen molar-refractivity contribution in [2.45, 2.75) is 0 Å². The second-order valence-corrected chi connectivity index (χ2v) is 3.84. The fourth-order valence-corrected chi connectivity index (χ4v) is 1.92. The molecule has 0 unspecified atom stereocenters. The number of aromatic nitrogens is 2. The number of fused-ring (bicyclic) bond motifs is 1. The van der Waals surface area contributed by atoms with E-state index in [1.807, 2.05) is 0 Å². The van der Waals surface area contributed by atoms with Gasteiger partial charge in [-0.25, -0.2) is 4.79 Å². The van der Waals surface area contributed by atoms with Crippen molar-refractivity contribution in [3.8, 4) is 0 Å². The summed E-state index contributed by atoms with van der Waals surface area (Å²) in [6.07, 6.45) is 0. The van der Waals surface area contributed by atoms with Crippen molar-refractivity contribution in [2.24, 2.45) is 14.1 Å². The molecule has 0 atom stereocenters. The molecule has 0 aliphatic rings. The maximum Gasteiger partial charge on any atom is 0.337 e. The maximum atomic E-state index is 13.8. The number of nitrogens with zero attached hydrogens (tertiary/aromatic N) is 4. The Morgan fingerprint density at radius 1 is 1.16 bits per heavy atom. The topological polar surface area (TPSA) is 113 Å². The van der Waals surface area contributed by atoms with Gasteiger partial charge in [-0.1, -0.05) is 0 Å². The van der Waals surface area contributed by atoms with Crippen molar-refractivity contribution in [3.05, 3.63) is 42.6 Å². The van der Waals surface area contributed by atoms with Crippen LogP contribution in [0.15, 0.2) is 10.9 Å². The van der Waals surface area contributed by atoms with E-state index in [-0.39, 0.29) is 11.0 Å². The van der Waals surface area contributed by atoms with Gasteiger partial charge < -0.3 is 0 Å². The molecule has 1 aromatic heterocycles. The molecule has 100 valence electrons. The van der Waals surface area contributed by atoms with Crippen LogP contribution in [0.25, 0.3) is 11.0 Å². The molecule has 1 aromatic carbocycles. The second-order valence-electron chi connectivity index (χ2n) is 3.84. The van der Waals surface area contributed by atoms with Crippen LogP contribution in [-0.2, 0) is 14.1 Å². The smallest absolute Gasteiger partial charge is 0.294 e. The van der Waals surface area contributed by atoms with Gasteiger partial charge in [0.05, 0.1) is 15.4 Å². The zero-order chi connectivity index (χ0) is 14.5. The molecule has 2 aromatic rings. The first-order valence-electron chi connectivity index (χ1n) is 4.94. The van der Waals surface area contributed by atoms with Gasteiger partial charge in [0.2, 0.25) is 0 Å². The van der Waals surface area contributed by atoms with Gasteiger partial charge in [0.25, 0.3) is 5.82 Å². The number of benzene rings is 1. The van der Waals surface area contributed by atoms with Crippen molar-refractivity contribution >= 4 is 22.4 Å². The van der Waals surface area contributed by atoms with E-state index in [1.165, 1.54) is 14.1 Å². The fraction of sp³-hybridized carbons (Fsp3) is 0.222. The van der Waals surface area contributed by atoms with E-state index in [9.17, 15) is 29.4 Å². The van der Waals surface area contributed by atoms with Crippen LogP contribution in [0.4, 0.5) is 15.8 Å². The molecular formula is C9H7FN4O5. The summed E-state index contributed by atoms with van der Waals surface area (Å²) in [5.41, 5.74) is -3.13. The number of hydrogen-bond donors (Lipinski definition) is 0. The van der Waals surface area contributed by atoms with E-state index in [4.69, 9.17) is 0 Å². The lowest BCUT2D eigenvalue weighted by Crippen LogP contribution is -2.19. The van der Waals surface area contributed by atoms with Crippen LogP contribution in [0.2, 0.25) is 0 Å². The summed E-state index contributed by atoms with van der Waals surface area (Å²) in [7, 11) is 2.51. The van der Waals surface area contributed by atoms with Gasteiger partial charge in [0, 0.05) is 20.2 Å². The van der Waals surface area contributed by atoms with Crippen molar-refractivity contribution in [3.63, 3.8) is 0 Å². The van der Waals surface area contributed by atoms with E-state index >= 15 is 0 Å². The number of hydrogen-bond acceptors (Lipinski definition) is 5. The molecule has 1 heterocycles. The Hall–Kier alpha value is -2.78. The molecule has 0 spiro atoms. The number of rotatable bonds is 2. The standard InChI is InChI=1S/C9H7FN4O5/c1-11-5-3-4(13(16)17)6(10)8(14(18)19)7(5)12(2)9(11)15/h3H,1-2H3. The highest BCUT2D eigenvalue weighted by Gasteiger charge is 2.32. The molecule has 0 saturated carbocycles. The van der Waals surface area contributed by atoms with Crippen LogP contribution in [0.3, 0.4) is 0 Å². The minimum atomic E-state index is -1.57. The third-order valence-electron chi connectivity index (χ3n) is 2.82. The third kappa shape index (κ3) is 1.57. The average molecular weight is 270 g/mol. The molecule has 0 N–H and O–H groups in total. The molecule has 19 heavy (non-hydrogen) atoms. The Morgan fingerprint density at radius 2 is 1.74 bits per heavy atom. The predicted molar refractivity (Wildman–Crippen MR) is 61.4 cm³/mol. The van der Waals surface area contributed by atoms with Crippen molar-refractivity contribution < 1.29 is 14.2 Å². The number of nitro groups is 2. The summed E-state index contributed by atoms with van der Waals surface area (Å²) in [6.45, 7) is 0. The number of imidazole rings is 1. The lowest BCUT2D eigenvalue weighted by atomic mass is 10.2. The van der Waals surface area contributed by atoms with Crippen LogP contribution in [0.5, 0.6) is 0 Å². The third-order valence-corrected chi connectivity index (χ3v) is 2.82. The van der Waals surface area contributed by atoms with Crippen LogP contribution in [0, 0.1) is 26.0 Å². The first-order chi connectivity index (χ1) is 8.77. The van der Waals surface area contributed by atoms with Crippen LogP contribution in [-0.4, -0.2) is 19.0 Å². The summed E-state index contributed by atoms with van der Waals surface area (Å²) in [4.78, 5) is 31.1. The number of aryl methyl sites for hydroxylation is 2. The van der Waals surface area contributed by atoms with E-state index in [2.05, 4.69) is 0 Å². The van der Waals surface area contributed by atoms with Gasteiger partial charge in [-0.15, -0.1) is 0 Å². The maximum absolute atomic E-state index is 13.8. The monoisotopic (exact) mass is 270 g/mol. The number of halogens is 1. The summed E-state index contributed by atoms with van der Waals surface area (Å²) < 4.78 is 15.7. The molecular weight excluding hydrogens is 263 g/mol. The average Bonchev–Trinajstić information content (AvgIpc) is 2.53. The molecule has 0 fully saturated rings. The highest BCUT2D eigenvalue weighted by Crippen LogP contribution is 2.34. The van der Waals surface area contributed by atoms with Crippen LogP contribution >= 0.6 is 0 Å². The summed E-state index contributed by atoms with van der Waals surface area (Å²) >= 11 is 0. The minimum absolute atomic E-state index is 0.0766. The lowest BCUT2D eigenvalue weighted by molar-refractivity contribution is -0.398. The Labute approximate surface area is 103 Å². The zero-order valence-corrected chi connectivity index (χ0v) is 9.79. The van der Waals surface area contributed by atoms with Gasteiger partial charge in [-0.2, -0.15) is 4.39 Å². The number of nitro benzene ring substituents is 2. The van der Waals surface area contributed by atoms with Crippen molar-refractivity contribution in [1.82, 2.24) is 9.13 Å². The molecule has 0 aliphatic carbocycles. The van der Waals surface area contributed by atoms with Crippen molar-refractivity contribution in [1.29, 1.82) is 0 Å². The molecule has 0 saturated heterocycles. The minimum Gasteiger partial charge on any atom is -0.294 e. The highest BCUT2D eigenvalue weighted by molar-refractivity contribution is 5.88. The lowest BCUT2D eigenvalue weighted by Gasteiger charge is -2.00. The summed E-state index contributed by atoms with van der Waals surface area (Å²) in [5.74, 6) is -1.57. The van der Waals surface area contributed by atoms with Gasteiger partial charge in [0.1, 0.15) is 0 Å². The molecule has 10 heteroatoms. The normalized spacial score (nSPS) is 10.9. The fourth-order valence-electron chi connectivity index (χ4n) is 1.92.